The van der Waals surface area contributed by atoms with Crippen LogP contribution >= 0.6 is 11.8 Å². The Balaban J connectivity index is 2.02. The lowest BCUT2D eigenvalue weighted by molar-refractivity contribution is -0.0825. The highest BCUT2D eigenvalue weighted by atomic mass is 32.2. The number of rotatable bonds is 2. The van der Waals surface area contributed by atoms with Crippen molar-refractivity contribution < 1.29 is 4.74 Å². The fourth-order valence-corrected chi connectivity index (χ4v) is 3.90. The van der Waals surface area contributed by atoms with Crippen LogP contribution in [0.15, 0.2) is 0 Å². The summed E-state index contributed by atoms with van der Waals surface area (Å²) in [6.45, 7) is 6.52. The van der Waals surface area contributed by atoms with E-state index in [0.717, 1.165) is 19.1 Å². The van der Waals surface area contributed by atoms with Gasteiger partial charge in [-0.1, -0.05) is 13.8 Å². The van der Waals surface area contributed by atoms with Gasteiger partial charge < -0.3 is 10.1 Å². The molecule has 2 atom stereocenters. The first-order valence-corrected chi connectivity index (χ1v) is 6.83. The molecule has 2 fully saturated rings. The van der Waals surface area contributed by atoms with Crippen LogP contribution in [0.4, 0.5) is 0 Å². The lowest BCUT2D eigenvalue weighted by atomic mass is 9.86. The van der Waals surface area contributed by atoms with Crippen molar-refractivity contribution in [3.05, 3.63) is 0 Å². The number of morpholine rings is 1. The summed E-state index contributed by atoms with van der Waals surface area (Å²) in [4.78, 5) is 0. The molecule has 1 N–H and O–H groups in total. The average Bonchev–Trinajstić information content (AvgIpc) is 2.58. The van der Waals surface area contributed by atoms with Crippen LogP contribution in [0.25, 0.3) is 0 Å². The molecule has 0 radical (unpaired) electrons. The Morgan fingerprint density at radius 3 is 3.07 bits per heavy atom. The second-order valence-electron chi connectivity index (χ2n) is 4.85. The van der Waals surface area contributed by atoms with Gasteiger partial charge in [-0.25, -0.2) is 0 Å². The largest absolute Gasteiger partial charge is 0.371 e. The summed E-state index contributed by atoms with van der Waals surface area (Å²) in [5.41, 5.74) is 0.174. The van der Waals surface area contributed by atoms with E-state index in [0.29, 0.717) is 6.04 Å². The molecule has 2 nitrogen and oxygen atoms in total. The van der Waals surface area contributed by atoms with Crippen molar-refractivity contribution in [2.24, 2.45) is 5.92 Å². The molecule has 0 saturated carbocycles. The summed E-state index contributed by atoms with van der Waals surface area (Å²) in [5.74, 6) is 3.23. The molecule has 82 valence electrons. The molecule has 2 unspecified atom stereocenters. The zero-order valence-electron chi connectivity index (χ0n) is 9.21. The second kappa shape index (κ2) is 4.42. The van der Waals surface area contributed by atoms with Crippen molar-refractivity contribution in [3.63, 3.8) is 0 Å². The van der Waals surface area contributed by atoms with E-state index >= 15 is 0 Å². The highest BCUT2D eigenvalue weighted by Gasteiger charge is 2.44. The Morgan fingerprint density at radius 1 is 1.57 bits per heavy atom. The number of nitrogens with one attached hydrogen (secondary N) is 1. The first-order valence-electron chi connectivity index (χ1n) is 5.68. The van der Waals surface area contributed by atoms with E-state index in [9.17, 15) is 0 Å². The SMILES string of the molecule is CC(C)CC1NCCOC12CCSC2. The van der Waals surface area contributed by atoms with Gasteiger partial charge >= 0.3 is 0 Å². The fraction of sp³-hybridized carbons (Fsp3) is 1.00. The number of hydrogen-bond acceptors (Lipinski definition) is 3. The number of thioether (sulfide) groups is 1. The van der Waals surface area contributed by atoms with Gasteiger partial charge in [0.1, 0.15) is 0 Å². The van der Waals surface area contributed by atoms with Crippen molar-refractivity contribution in [1.29, 1.82) is 0 Å². The number of hydrogen-bond donors (Lipinski definition) is 1. The molecule has 0 aromatic rings. The van der Waals surface area contributed by atoms with Gasteiger partial charge in [0.25, 0.3) is 0 Å². The van der Waals surface area contributed by atoms with Crippen LogP contribution in [-0.4, -0.2) is 36.3 Å². The van der Waals surface area contributed by atoms with Crippen molar-refractivity contribution in [3.8, 4) is 0 Å². The third-order valence-corrected chi connectivity index (χ3v) is 4.43. The van der Waals surface area contributed by atoms with Crippen LogP contribution < -0.4 is 5.32 Å². The Kier molecular flexibility index (Phi) is 3.40. The molecule has 0 aliphatic carbocycles. The van der Waals surface area contributed by atoms with E-state index in [1.807, 2.05) is 11.8 Å². The molecule has 2 rings (SSSR count). The standard InChI is InChI=1S/C11H21NOS/c1-9(2)7-10-11(3-6-14-8-11)13-5-4-12-10/h9-10,12H,3-8H2,1-2H3. The van der Waals surface area contributed by atoms with E-state index < -0.39 is 0 Å². The molecular weight excluding hydrogens is 194 g/mol. The minimum absolute atomic E-state index is 0.174. The third-order valence-electron chi connectivity index (χ3n) is 3.24. The van der Waals surface area contributed by atoms with Gasteiger partial charge in [0.2, 0.25) is 0 Å². The minimum atomic E-state index is 0.174. The van der Waals surface area contributed by atoms with E-state index in [1.165, 1.54) is 24.3 Å². The summed E-state index contributed by atoms with van der Waals surface area (Å²) >= 11 is 2.05. The minimum Gasteiger partial charge on any atom is -0.371 e. The maximum absolute atomic E-state index is 6.06. The first-order chi connectivity index (χ1) is 6.73. The molecule has 0 aromatic heterocycles. The predicted octanol–water partition coefficient (Wildman–Crippen LogP) is 1.90. The van der Waals surface area contributed by atoms with Crippen LogP contribution in [0.1, 0.15) is 26.7 Å². The molecule has 2 aliphatic rings. The molecule has 3 heteroatoms. The van der Waals surface area contributed by atoms with Crippen LogP contribution in [0.5, 0.6) is 0 Å². The van der Waals surface area contributed by atoms with E-state index in [4.69, 9.17) is 4.74 Å². The second-order valence-corrected chi connectivity index (χ2v) is 5.96. The predicted molar refractivity (Wildman–Crippen MR) is 61.9 cm³/mol. The van der Waals surface area contributed by atoms with Crippen molar-refractivity contribution in [2.75, 3.05) is 24.7 Å². The lowest BCUT2D eigenvalue weighted by Gasteiger charge is -2.42. The highest BCUT2D eigenvalue weighted by molar-refractivity contribution is 7.99. The monoisotopic (exact) mass is 215 g/mol. The van der Waals surface area contributed by atoms with Gasteiger partial charge in [-0.2, -0.15) is 11.8 Å². The summed E-state index contributed by atoms with van der Waals surface area (Å²) in [5, 5.41) is 3.64. The molecule has 0 aromatic carbocycles. The average molecular weight is 215 g/mol. The van der Waals surface area contributed by atoms with Gasteiger partial charge in [-0.15, -0.1) is 0 Å². The summed E-state index contributed by atoms with van der Waals surface area (Å²) in [6, 6.07) is 0.589. The molecule has 2 heterocycles. The van der Waals surface area contributed by atoms with Crippen LogP contribution in [-0.2, 0) is 4.74 Å². The molecular formula is C11H21NOS. The number of ether oxygens (including phenoxy) is 1. The van der Waals surface area contributed by atoms with Crippen molar-refractivity contribution >= 4 is 11.8 Å². The zero-order chi connectivity index (χ0) is 10.0. The Hall–Kier alpha value is 0.270. The van der Waals surface area contributed by atoms with Gasteiger partial charge in [0, 0.05) is 18.3 Å². The molecule has 14 heavy (non-hydrogen) atoms. The van der Waals surface area contributed by atoms with Gasteiger partial charge in [-0.3, -0.25) is 0 Å². The van der Waals surface area contributed by atoms with E-state index in [2.05, 4.69) is 19.2 Å². The van der Waals surface area contributed by atoms with Gasteiger partial charge in [0.15, 0.2) is 0 Å². The lowest BCUT2D eigenvalue weighted by Crippen LogP contribution is -2.58. The van der Waals surface area contributed by atoms with Gasteiger partial charge in [-0.05, 0) is 24.5 Å². The van der Waals surface area contributed by atoms with Gasteiger partial charge in [0.05, 0.1) is 12.2 Å². The first kappa shape index (κ1) is 10.8. The molecule has 2 saturated heterocycles. The normalized spacial score (nSPS) is 38.4. The van der Waals surface area contributed by atoms with E-state index in [-0.39, 0.29) is 5.60 Å². The molecule has 2 aliphatic heterocycles. The quantitative estimate of drug-likeness (QED) is 0.760. The summed E-state index contributed by atoms with van der Waals surface area (Å²) in [6.07, 6.45) is 2.49. The third kappa shape index (κ3) is 2.10. The Labute approximate surface area is 91.2 Å². The highest BCUT2D eigenvalue weighted by Crippen LogP contribution is 2.37. The zero-order valence-corrected chi connectivity index (χ0v) is 10.0. The van der Waals surface area contributed by atoms with Crippen molar-refractivity contribution in [1.82, 2.24) is 5.32 Å². The van der Waals surface area contributed by atoms with Crippen molar-refractivity contribution in [2.45, 2.75) is 38.3 Å². The smallest absolute Gasteiger partial charge is 0.0933 e. The van der Waals surface area contributed by atoms with Crippen LogP contribution in [0.3, 0.4) is 0 Å². The Morgan fingerprint density at radius 2 is 2.43 bits per heavy atom. The summed E-state index contributed by atoms with van der Waals surface area (Å²) < 4.78 is 6.06. The molecule has 0 amide bonds. The maximum Gasteiger partial charge on any atom is 0.0933 e. The topological polar surface area (TPSA) is 21.3 Å². The molecule has 1 spiro atoms. The van der Waals surface area contributed by atoms with E-state index in [1.54, 1.807) is 0 Å². The van der Waals surface area contributed by atoms with Crippen LogP contribution in [0, 0.1) is 5.92 Å². The van der Waals surface area contributed by atoms with Crippen LogP contribution in [0.2, 0.25) is 0 Å². The summed E-state index contributed by atoms with van der Waals surface area (Å²) in [7, 11) is 0. The Bertz CT molecular complexity index is 190. The molecule has 0 bridgehead atoms. The fourth-order valence-electron chi connectivity index (χ4n) is 2.49. The maximum atomic E-state index is 6.06.